The molecule has 0 aliphatic rings. The fourth-order valence-electron chi connectivity index (χ4n) is 2.45. The molecule has 0 spiro atoms. The molecule has 2 rings (SSSR count). The number of hydrogen-bond acceptors (Lipinski definition) is 4. The second-order valence-corrected chi connectivity index (χ2v) is 5.53. The maximum absolute atomic E-state index is 10.1. The quantitative estimate of drug-likeness (QED) is 0.226. The van der Waals surface area contributed by atoms with Crippen LogP contribution in [-0.4, -0.2) is 47.6 Å². The van der Waals surface area contributed by atoms with Gasteiger partial charge in [-0.15, -0.1) is 24.0 Å². The molecule has 0 amide bonds. The molecule has 144 valence electrons. The zero-order valence-corrected chi connectivity index (χ0v) is 17.6. The van der Waals surface area contributed by atoms with E-state index in [9.17, 15) is 5.11 Å². The Bertz CT molecular complexity index is 662. The topological polar surface area (TPSA) is 83.7 Å². The number of hydrogen-bond donors (Lipinski definition) is 3. The zero-order valence-electron chi connectivity index (χ0n) is 15.3. The molecule has 0 aliphatic carbocycles. The first kappa shape index (κ1) is 22.1. The molecule has 0 bridgehead atoms. The second kappa shape index (κ2) is 12.4. The SMILES string of the molecule is CCNC(=NCCCn1cccn1)NCCc1cccc(OC)c1O.I. The van der Waals surface area contributed by atoms with Gasteiger partial charge in [0.2, 0.25) is 0 Å². The molecule has 0 saturated carbocycles. The lowest BCUT2D eigenvalue weighted by Gasteiger charge is -2.12. The van der Waals surface area contributed by atoms with Crippen LogP contribution in [-0.2, 0) is 13.0 Å². The van der Waals surface area contributed by atoms with Crippen molar-refractivity contribution >= 4 is 29.9 Å². The van der Waals surface area contributed by atoms with E-state index in [4.69, 9.17) is 4.74 Å². The molecule has 0 atom stereocenters. The third-order valence-corrected chi connectivity index (χ3v) is 3.71. The van der Waals surface area contributed by atoms with E-state index in [1.54, 1.807) is 19.4 Å². The smallest absolute Gasteiger partial charge is 0.191 e. The Balaban J connectivity index is 0.00000338. The first-order valence-electron chi connectivity index (χ1n) is 8.59. The highest BCUT2D eigenvalue weighted by Crippen LogP contribution is 2.29. The number of ether oxygens (including phenoxy) is 1. The van der Waals surface area contributed by atoms with Crippen molar-refractivity contribution in [2.45, 2.75) is 26.3 Å². The van der Waals surface area contributed by atoms with Crippen LogP contribution in [0.2, 0.25) is 0 Å². The minimum atomic E-state index is 0. The third kappa shape index (κ3) is 7.11. The van der Waals surface area contributed by atoms with Crippen molar-refractivity contribution in [2.24, 2.45) is 4.99 Å². The molecule has 0 fully saturated rings. The molecule has 0 unspecified atom stereocenters. The van der Waals surface area contributed by atoms with Gasteiger partial charge in [0, 0.05) is 38.6 Å². The van der Waals surface area contributed by atoms with Crippen molar-refractivity contribution in [2.75, 3.05) is 26.7 Å². The summed E-state index contributed by atoms with van der Waals surface area (Å²) in [6.45, 7) is 5.09. The molecule has 1 aromatic carbocycles. The molecule has 2 aromatic rings. The number of phenols is 1. The van der Waals surface area contributed by atoms with Crippen LogP contribution in [0.15, 0.2) is 41.7 Å². The number of nitrogens with one attached hydrogen (secondary N) is 2. The molecule has 0 saturated heterocycles. The van der Waals surface area contributed by atoms with E-state index < -0.39 is 0 Å². The Morgan fingerprint density at radius 1 is 1.31 bits per heavy atom. The number of aryl methyl sites for hydroxylation is 1. The van der Waals surface area contributed by atoms with Crippen molar-refractivity contribution in [1.82, 2.24) is 20.4 Å². The average Bonchev–Trinajstić information content (AvgIpc) is 3.13. The highest BCUT2D eigenvalue weighted by Gasteiger charge is 2.07. The lowest BCUT2D eigenvalue weighted by Crippen LogP contribution is -2.38. The van der Waals surface area contributed by atoms with Gasteiger partial charge < -0.3 is 20.5 Å². The summed E-state index contributed by atoms with van der Waals surface area (Å²) in [5.41, 5.74) is 0.849. The van der Waals surface area contributed by atoms with E-state index >= 15 is 0 Å². The summed E-state index contributed by atoms with van der Waals surface area (Å²) in [6, 6.07) is 7.44. The summed E-state index contributed by atoms with van der Waals surface area (Å²) in [4.78, 5) is 4.57. The maximum atomic E-state index is 10.1. The van der Waals surface area contributed by atoms with Gasteiger partial charge in [-0.25, -0.2) is 0 Å². The summed E-state index contributed by atoms with van der Waals surface area (Å²) in [5.74, 6) is 1.48. The molecular formula is C18H28IN5O2. The Morgan fingerprint density at radius 2 is 2.15 bits per heavy atom. The van der Waals surface area contributed by atoms with Crippen LogP contribution in [0, 0.1) is 0 Å². The first-order valence-corrected chi connectivity index (χ1v) is 8.59. The van der Waals surface area contributed by atoms with Crippen LogP contribution in [0.3, 0.4) is 0 Å². The second-order valence-electron chi connectivity index (χ2n) is 5.53. The van der Waals surface area contributed by atoms with Gasteiger partial charge in [0.15, 0.2) is 17.5 Å². The van der Waals surface area contributed by atoms with Crippen LogP contribution >= 0.6 is 24.0 Å². The van der Waals surface area contributed by atoms with Crippen molar-refractivity contribution in [3.05, 3.63) is 42.2 Å². The van der Waals surface area contributed by atoms with Gasteiger partial charge in [-0.3, -0.25) is 9.67 Å². The van der Waals surface area contributed by atoms with Crippen LogP contribution in [0.4, 0.5) is 0 Å². The third-order valence-electron chi connectivity index (χ3n) is 3.71. The number of aromatic nitrogens is 2. The highest BCUT2D eigenvalue weighted by atomic mass is 127. The monoisotopic (exact) mass is 473 g/mol. The van der Waals surface area contributed by atoms with E-state index in [1.807, 2.05) is 36.0 Å². The van der Waals surface area contributed by atoms with Gasteiger partial charge in [-0.05, 0) is 37.5 Å². The highest BCUT2D eigenvalue weighted by molar-refractivity contribution is 14.0. The molecular weight excluding hydrogens is 445 g/mol. The Labute approximate surface area is 171 Å². The van der Waals surface area contributed by atoms with Gasteiger partial charge in [-0.1, -0.05) is 12.1 Å². The number of halogens is 1. The van der Waals surface area contributed by atoms with Crippen LogP contribution in [0.25, 0.3) is 0 Å². The summed E-state index contributed by atoms with van der Waals surface area (Å²) >= 11 is 0. The number of phenolic OH excluding ortho intramolecular Hbond substituents is 1. The van der Waals surface area contributed by atoms with Crippen molar-refractivity contribution in [3.8, 4) is 11.5 Å². The molecule has 3 N–H and O–H groups in total. The minimum Gasteiger partial charge on any atom is -0.504 e. The molecule has 7 nitrogen and oxygen atoms in total. The molecule has 1 aromatic heterocycles. The van der Waals surface area contributed by atoms with Crippen molar-refractivity contribution in [1.29, 1.82) is 0 Å². The lowest BCUT2D eigenvalue weighted by atomic mass is 10.1. The summed E-state index contributed by atoms with van der Waals surface area (Å²) in [5, 5.41) is 20.8. The number of rotatable bonds is 9. The Morgan fingerprint density at radius 3 is 2.85 bits per heavy atom. The Hall–Kier alpha value is -1.97. The summed E-state index contributed by atoms with van der Waals surface area (Å²) < 4.78 is 7.04. The van der Waals surface area contributed by atoms with Crippen molar-refractivity contribution in [3.63, 3.8) is 0 Å². The van der Waals surface area contributed by atoms with Crippen LogP contribution in [0.1, 0.15) is 18.9 Å². The number of aliphatic imine (C=N–C) groups is 1. The predicted molar refractivity (Wildman–Crippen MR) is 115 cm³/mol. The van der Waals surface area contributed by atoms with Gasteiger partial charge in [-0.2, -0.15) is 5.10 Å². The molecule has 26 heavy (non-hydrogen) atoms. The maximum Gasteiger partial charge on any atom is 0.191 e. The van der Waals surface area contributed by atoms with Crippen LogP contribution < -0.4 is 15.4 Å². The van der Waals surface area contributed by atoms with Gasteiger partial charge in [0.05, 0.1) is 7.11 Å². The van der Waals surface area contributed by atoms with E-state index in [2.05, 4.69) is 20.7 Å². The van der Waals surface area contributed by atoms with E-state index in [0.29, 0.717) is 18.7 Å². The van der Waals surface area contributed by atoms with Gasteiger partial charge in [0.25, 0.3) is 0 Å². The standard InChI is InChI=1S/C18H27N5O2.HI/c1-3-19-18(20-10-5-13-23-14-6-11-22-23)21-12-9-15-7-4-8-16(25-2)17(15)24;/h4,6-8,11,14,24H,3,5,9-10,12-13H2,1-2H3,(H2,19,20,21);1H. The van der Waals surface area contributed by atoms with E-state index in [1.165, 1.54) is 0 Å². The normalized spacial score (nSPS) is 10.9. The molecule has 0 radical (unpaired) electrons. The Kier molecular flexibility index (Phi) is 10.5. The van der Waals surface area contributed by atoms with E-state index in [0.717, 1.165) is 37.6 Å². The largest absolute Gasteiger partial charge is 0.504 e. The number of para-hydroxylation sites is 1. The predicted octanol–water partition coefficient (Wildman–Crippen LogP) is 2.40. The first-order chi connectivity index (χ1) is 12.2. The van der Waals surface area contributed by atoms with Gasteiger partial charge in [0.1, 0.15) is 0 Å². The van der Waals surface area contributed by atoms with E-state index in [-0.39, 0.29) is 29.7 Å². The number of benzene rings is 1. The lowest BCUT2D eigenvalue weighted by molar-refractivity contribution is 0.370. The van der Waals surface area contributed by atoms with Crippen LogP contribution in [0.5, 0.6) is 11.5 Å². The zero-order chi connectivity index (χ0) is 17.9. The number of methoxy groups -OCH3 is 1. The summed E-state index contributed by atoms with van der Waals surface area (Å²) in [6.07, 6.45) is 5.34. The number of nitrogens with zero attached hydrogens (tertiary/aromatic N) is 3. The minimum absolute atomic E-state index is 0. The molecule has 1 heterocycles. The fourth-order valence-corrected chi connectivity index (χ4v) is 2.45. The fraction of sp³-hybridized carbons (Fsp3) is 0.444. The number of guanidine groups is 1. The molecule has 8 heteroatoms. The summed E-state index contributed by atoms with van der Waals surface area (Å²) in [7, 11) is 1.55. The average molecular weight is 473 g/mol. The van der Waals surface area contributed by atoms with Gasteiger partial charge >= 0.3 is 0 Å². The molecule has 0 aliphatic heterocycles. The number of aromatic hydroxyl groups is 1. The van der Waals surface area contributed by atoms with Crippen molar-refractivity contribution < 1.29 is 9.84 Å².